The van der Waals surface area contributed by atoms with Crippen LogP contribution in [0.1, 0.15) is 5.69 Å². The van der Waals surface area contributed by atoms with E-state index < -0.39 is 0 Å². The van der Waals surface area contributed by atoms with Crippen LogP contribution in [0.15, 0.2) is 65.6 Å². The van der Waals surface area contributed by atoms with Gasteiger partial charge in [0.05, 0.1) is 17.9 Å². The molecule has 0 bridgehead atoms. The highest BCUT2D eigenvalue weighted by atomic mass is 16.1. The summed E-state index contributed by atoms with van der Waals surface area (Å²) in [7, 11) is 0. The molecule has 1 N–H and O–H groups in total. The molecule has 3 aromatic rings. The van der Waals surface area contributed by atoms with Crippen LogP contribution in [0.4, 0.5) is 0 Å². The number of rotatable bonds is 3. The molecule has 4 heteroatoms. The highest BCUT2D eigenvalue weighted by Crippen LogP contribution is 2.17. The predicted molar refractivity (Wildman–Crippen MR) is 73.8 cm³/mol. The van der Waals surface area contributed by atoms with Crippen LogP contribution in [0.5, 0.6) is 0 Å². The Morgan fingerprint density at radius 2 is 1.84 bits per heavy atom. The third-order valence-corrected chi connectivity index (χ3v) is 2.92. The smallest absolute Gasteiger partial charge is 0.264 e. The predicted octanol–water partition coefficient (Wildman–Crippen LogP) is 2.29. The van der Waals surface area contributed by atoms with Gasteiger partial charge in [0.2, 0.25) is 0 Å². The lowest BCUT2D eigenvalue weighted by Gasteiger charge is -2.07. The lowest BCUT2D eigenvalue weighted by molar-refractivity contribution is 0.672. The molecule has 0 amide bonds. The van der Waals surface area contributed by atoms with E-state index in [2.05, 4.69) is 10.1 Å². The summed E-state index contributed by atoms with van der Waals surface area (Å²) in [6.45, 7) is 0.549. The minimum absolute atomic E-state index is 0.102. The van der Waals surface area contributed by atoms with E-state index in [9.17, 15) is 4.79 Å². The molecule has 0 unspecified atom stereocenters. The molecule has 2 heterocycles. The van der Waals surface area contributed by atoms with E-state index >= 15 is 0 Å². The van der Waals surface area contributed by atoms with Crippen LogP contribution in [0.2, 0.25) is 0 Å². The van der Waals surface area contributed by atoms with Crippen LogP contribution < -0.4 is 5.56 Å². The van der Waals surface area contributed by atoms with Gasteiger partial charge in [-0.05, 0) is 17.7 Å². The fourth-order valence-corrected chi connectivity index (χ4v) is 2.05. The first kappa shape index (κ1) is 11.5. The SMILES string of the molecule is O=c1cc(-c2ccccc2)n(Cc2ccccn2)[nH]1. The average molecular weight is 251 g/mol. The average Bonchev–Trinajstić information content (AvgIpc) is 2.82. The van der Waals surface area contributed by atoms with Crippen molar-refractivity contribution in [1.82, 2.24) is 14.8 Å². The van der Waals surface area contributed by atoms with E-state index in [1.54, 1.807) is 12.3 Å². The van der Waals surface area contributed by atoms with Gasteiger partial charge in [0, 0.05) is 12.3 Å². The fourth-order valence-electron chi connectivity index (χ4n) is 2.05. The highest BCUT2D eigenvalue weighted by molar-refractivity contribution is 5.58. The number of nitrogens with zero attached hydrogens (tertiary/aromatic N) is 2. The van der Waals surface area contributed by atoms with Crippen LogP contribution in [0.25, 0.3) is 11.3 Å². The molecule has 0 aliphatic rings. The quantitative estimate of drug-likeness (QED) is 0.776. The van der Waals surface area contributed by atoms with Gasteiger partial charge in [-0.15, -0.1) is 0 Å². The van der Waals surface area contributed by atoms with Crippen molar-refractivity contribution in [2.24, 2.45) is 0 Å². The molecule has 0 fully saturated rings. The summed E-state index contributed by atoms with van der Waals surface area (Å²) in [6.07, 6.45) is 1.75. The summed E-state index contributed by atoms with van der Waals surface area (Å²) in [5.74, 6) is 0. The van der Waals surface area contributed by atoms with E-state index in [1.807, 2.05) is 53.2 Å². The van der Waals surface area contributed by atoms with Gasteiger partial charge >= 0.3 is 0 Å². The molecule has 3 rings (SSSR count). The van der Waals surface area contributed by atoms with E-state index in [0.717, 1.165) is 17.0 Å². The zero-order valence-electron chi connectivity index (χ0n) is 10.3. The number of hydrogen-bond donors (Lipinski definition) is 1. The topological polar surface area (TPSA) is 50.7 Å². The van der Waals surface area contributed by atoms with Crippen molar-refractivity contribution in [3.05, 3.63) is 76.8 Å². The Labute approximate surface area is 110 Å². The van der Waals surface area contributed by atoms with Crippen LogP contribution in [-0.4, -0.2) is 14.8 Å². The number of aromatic nitrogens is 3. The van der Waals surface area contributed by atoms with Crippen molar-refractivity contribution < 1.29 is 0 Å². The molecule has 0 spiro atoms. The maximum absolute atomic E-state index is 11.6. The van der Waals surface area contributed by atoms with Crippen LogP contribution in [0.3, 0.4) is 0 Å². The maximum atomic E-state index is 11.6. The maximum Gasteiger partial charge on any atom is 0.264 e. The Hall–Kier alpha value is -2.62. The molecule has 19 heavy (non-hydrogen) atoms. The van der Waals surface area contributed by atoms with E-state index in [4.69, 9.17) is 0 Å². The standard InChI is InChI=1S/C15H13N3O/c19-15-10-14(12-6-2-1-3-7-12)18(17-15)11-13-8-4-5-9-16-13/h1-10H,11H2,(H,17,19). The lowest BCUT2D eigenvalue weighted by Crippen LogP contribution is -2.08. The van der Waals surface area contributed by atoms with Crippen LogP contribution in [-0.2, 0) is 6.54 Å². The molecule has 0 radical (unpaired) electrons. The first-order valence-corrected chi connectivity index (χ1v) is 6.08. The molecule has 0 aliphatic heterocycles. The summed E-state index contributed by atoms with van der Waals surface area (Å²) >= 11 is 0. The van der Waals surface area contributed by atoms with Gasteiger partial charge in [0.25, 0.3) is 5.56 Å². The van der Waals surface area contributed by atoms with Gasteiger partial charge in [0.1, 0.15) is 0 Å². The van der Waals surface area contributed by atoms with Crippen molar-refractivity contribution in [3.63, 3.8) is 0 Å². The molecule has 0 saturated heterocycles. The Kier molecular flexibility index (Phi) is 2.98. The number of benzene rings is 1. The van der Waals surface area contributed by atoms with Crippen molar-refractivity contribution in [3.8, 4) is 11.3 Å². The van der Waals surface area contributed by atoms with Gasteiger partial charge in [-0.1, -0.05) is 36.4 Å². The van der Waals surface area contributed by atoms with Crippen molar-refractivity contribution in [1.29, 1.82) is 0 Å². The molecule has 1 aromatic carbocycles. The lowest BCUT2D eigenvalue weighted by atomic mass is 10.1. The number of nitrogens with one attached hydrogen (secondary N) is 1. The number of pyridine rings is 1. The second kappa shape index (κ2) is 4.94. The van der Waals surface area contributed by atoms with Crippen molar-refractivity contribution >= 4 is 0 Å². The molecule has 2 aromatic heterocycles. The second-order valence-corrected chi connectivity index (χ2v) is 4.28. The summed E-state index contributed by atoms with van der Waals surface area (Å²) in [5.41, 5.74) is 2.69. The molecular weight excluding hydrogens is 238 g/mol. The third-order valence-electron chi connectivity index (χ3n) is 2.92. The molecular formula is C15H13N3O. The van der Waals surface area contributed by atoms with Crippen molar-refractivity contribution in [2.45, 2.75) is 6.54 Å². The number of aromatic amines is 1. The normalized spacial score (nSPS) is 10.5. The van der Waals surface area contributed by atoms with E-state index in [0.29, 0.717) is 6.54 Å². The summed E-state index contributed by atoms with van der Waals surface area (Å²) < 4.78 is 1.82. The number of H-pyrrole nitrogens is 1. The molecule has 0 atom stereocenters. The zero-order chi connectivity index (χ0) is 13.1. The third kappa shape index (κ3) is 2.47. The monoisotopic (exact) mass is 251 g/mol. The van der Waals surface area contributed by atoms with Gasteiger partial charge in [-0.25, -0.2) is 0 Å². The Morgan fingerprint density at radius 3 is 2.58 bits per heavy atom. The summed E-state index contributed by atoms with van der Waals surface area (Å²) in [4.78, 5) is 15.9. The summed E-state index contributed by atoms with van der Waals surface area (Å²) in [6, 6.07) is 17.2. The Balaban J connectivity index is 2.01. The second-order valence-electron chi connectivity index (χ2n) is 4.28. The fraction of sp³-hybridized carbons (Fsp3) is 0.0667. The van der Waals surface area contributed by atoms with E-state index in [-0.39, 0.29) is 5.56 Å². The van der Waals surface area contributed by atoms with E-state index in [1.165, 1.54) is 0 Å². The summed E-state index contributed by atoms with van der Waals surface area (Å²) in [5, 5.41) is 2.81. The molecule has 94 valence electrons. The Morgan fingerprint density at radius 1 is 1.05 bits per heavy atom. The van der Waals surface area contributed by atoms with Crippen LogP contribution >= 0.6 is 0 Å². The first-order valence-electron chi connectivity index (χ1n) is 6.08. The molecule has 4 nitrogen and oxygen atoms in total. The Bertz CT molecular complexity index is 714. The molecule has 0 aliphatic carbocycles. The minimum atomic E-state index is -0.102. The minimum Gasteiger partial charge on any atom is -0.278 e. The van der Waals surface area contributed by atoms with Gasteiger partial charge in [0.15, 0.2) is 0 Å². The van der Waals surface area contributed by atoms with Gasteiger partial charge in [-0.3, -0.25) is 19.6 Å². The zero-order valence-corrected chi connectivity index (χ0v) is 10.3. The largest absolute Gasteiger partial charge is 0.278 e. The molecule has 0 saturated carbocycles. The van der Waals surface area contributed by atoms with Gasteiger partial charge < -0.3 is 0 Å². The first-order chi connectivity index (χ1) is 9.33. The van der Waals surface area contributed by atoms with Gasteiger partial charge in [-0.2, -0.15) is 0 Å². The van der Waals surface area contributed by atoms with Crippen LogP contribution in [0, 0.1) is 0 Å². The number of hydrogen-bond acceptors (Lipinski definition) is 2. The highest BCUT2D eigenvalue weighted by Gasteiger charge is 2.07. The van der Waals surface area contributed by atoms with Crippen molar-refractivity contribution in [2.75, 3.05) is 0 Å².